The lowest BCUT2D eigenvalue weighted by Gasteiger charge is -2.15. The molecule has 1 aromatic carbocycles. The van der Waals surface area contributed by atoms with Crippen LogP contribution in [0.5, 0.6) is 0 Å². The fraction of sp³-hybridized carbons (Fsp3) is 0.333. The number of rotatable bonds is 3. The number of hydrogen-bond donors (Lipinski definition) is 1. The van der Waals surface area contributed by atoms with Crippen LogP contribution in [0.1, 0.15) is 34.8 Å². The molecule has 2 aromatic rings. The Labute approximate surface area is 121 Å². The van der Waals surface area contributed by atoms with Gasteiger partial charge in [0.05, 0.1) is 0 Å². The van der Waals surface area contributed by atoms with Crippen LogP contribution < -0.4 is 5.56 Å². The SMILES string of the molecule is CCn1[nH]cc(C(=O)c2ccc3c(c2)CCCS3)c1=O. The van der Waals surface area contributed by atoms with Gasteiger partial charge in [0.1, 0.15) is 5.56 Å². The number of aryl methyl sites for hydroxylation is 2. The lowest BCUT2D eigenvalue weighted by atomic mass is 10.0. The topological polar surface area (TPSA) is 54.9 Å². The Balaban J connectivity index is 1.98. The molecule has 0 saturated heterocycles. The molecule has 1 aliphatic heterocycles. The molecule has 2 heterocycles. The van der Waals surface area contributed by atoms with Crippen LogP contribution in [0.3, 0.4) is 0 Å². The molecule has 0 unspecified atom stereocenters. The predicted molar refractivity (Wildman–Crippen MR) is 79.6 cm³/mol. The Kier molecular flexibility index (Phi) is 3.53. The molecular weight excluding hydrogens is 272 g/mol. The number of nitrogens with zero attached hydrogens (tertiary/aromatic N) is 1. The van der Waals surface area contributed by atoms with Crippen molar-refractivity contribution in [3.05, 3.63) is 51.4 Å². The van der Waals surface area contributed by atoms with Crippen molar-refractivity contribution in [2.75, 3.05) is 5.75 Å². The maximum absolute atomic E-state index is 12.4. The molecule has 0 fully saturated rings. The highest BCUT2D eigenvalue weighted by Gasteiger charge is 2.18. The first-order chi connectivity index (χ1) is 9.70. The van der Waals surface area contributed by atoms with Gasteiger partial charge in [0, 0.05) is 23.2 Å². The molecule has 4 nitrogen and oxygen atoms in total. The summed E-state index contributed by atoms with van der Waals surface area (Å²) >= 11 is 1.83. The molecule has 104 valence electrons. The number of fused-ring (bicyclic) bond motifs is 1. The van der Waals surface area contributed by atoms with Gasteiger partial charge in [-0.1, -0.05) is 0 Å². The number of aromatic nitrogens is 2. The lowest BCUT2D eigenvalue weighted by molar-refractivity contribution is 0.103. The summed E-state index contributed by atoms with van der Waals surface area (Å²) in [7, 11) is 0. The zero-order chi connectivity index (χ0) is 14.1. The van der Waals surface area contributed by atoms with Crippen LogP contribution in [0.2, 0.25) is 0 Å². The second-order valence-corrected chi connectivity index (χ2v) is 5.98. The second kappa shape index (κ2) is 5.32. The van der Waals surface area contributed by atoms with Crippen molar-refractivity contribution in [2.45, 2.75) is 31.2 Å². The number of carbonyl (C=O) groups is 1. The van der Waals surface area contributed by atoms with E-state index in [0.717, 1.165) is 18.6 Å². The first-order valence-electron chi connectivity index (χ1n) is 6.79. The molecule has 0 amide bonds. The number of carbonyl (C=O) groups excluding carboxylic acids is 1. The van der Waals surface area contributed by atoms with Gasteiger partial charge in [0.2, 0.25) is 0 Å². The Morgan fingerprint density at radius 2 is 2.30 bits per heavy atom. The summed E-state index contributed by atoms with van der Waals surface area (Å²) in [6.45, 7) is 2.40. The van der Waals surface area contributed by atoms with Crippen molar-refractivity contribution >= 4 is 17.5 Å². The number of ketones is 1. The highest BCUT2D eigenvalue weighted by Crippen LogP contribution is 2.30. The fourth-order valence-electron chi connectivity index (χ4n) is 2.46. The van der Waals surface area contributed by atoms with Crippen molar-refractivity contribution in [1.82, 2.24) is 9.78 Å². The highest BCUT2D eigenvalue weighted by molar-refractivity contribution is 7.99. The lowest BCUT2D eigenvalue weighted by Crippen LogP contribution is -2.21. The Morgan fingerprint density at radius 3 is 3.05 bits per heavy atom. The number of thioether (sulfide) groups is 1. The Morgan fingerprint density at radius 1 is 1.45 bits per heavy atom. The van der Waals surface area contributed by atoms with E-state index in [1.807, 2.05) is 36.9 Å². The second-order valence-electron chi connectivity index (χ2n) is 4.84. The third-order valence-electron chi connectivity index (χ3n) is 3.57. The summed E-state index contributed by atoms with van der Waals surface area (Å²) in [6.07, 6.45) is 3.65. The van der Waals surface area contributed by atoms with E-state index in [0.29, 0.717) is 12.1 Å². The van der Waals surface area contributed by atoms with E-state index in [-0.39, 0.29) is 16.9 Å². The van der Waals surface area contributed by atoms with Gasteiger partial charge in [-0.2, -0.15) is 0 Å². The minimum absolute atomic E-state index is 0.197. The Hall–Kier alpha value is -1.75. The molecule has 0 saturated carbocycles. The summed E-state index contributed by atoms with van der Waals surface area (Å²) < 4.78 is 1.43. The first-order valence-corrected chi connectivity index (χ1v) is 7.78. The van der Waals surface area contributed by atoms with Crippen molar-refractivity contribution < 1.29 is 4.79 Å². The molecule has 1 aromatic heterocycles. The molecule has 3 rings (SSSR count). The van der Waals surface area contributed by atoms with E-state index < -0.39 is 0 Å². The normalized spacial score (nSPS) is 14.1. The summed E-state index contributed by atoms with van der Waals surface area (Å²) in [5.74, 6) is 0.941. The molecule has 1 N–H and O–H groups in total. The van der Waals surface area contributed by atoms with Gasteiger partial charge in [-0.15, -0.1) is 11.8 Å². The number of hydrogen-bond acceptors (Lipinski definition) is 3. The smallest absolute Gasteiger partial charge is 0.277 e. The minimum Gasteiger partial charge on any atom is -0.302 e. The summed E-state index contributed by atoms with van der Waals surface area (Å²) in [4.78, 5) is 25.7. The van der Waals surface area contributed by atoms with Crippen LogP contribution >= 0.6 is 11.8 Å². The summed E-state index contributed by atoms with van der Waals surface area (Å²) in [6, 6.07) is 5.76. The third-order valence-corrected chi connectivity index (χ3v) is 4.77. The van der Waals surface area contributed by atoms with E-state index >= 15 is 0 Å². The van der Waals surface area contributed by atoms with Crippen LogP contribution in [0, 0.1) is 0 Å². The summed E-state index contributed by atoms with van der Waals surface area (Å²) in [5.41, 5.74) is 1.80. The zero-order valence-corrected chi connectivity index (χ0v) is 12.1. The molecule has 0 spiro atoms. The standard InChI is InChI=1S/C15H16N2O2S/c1-2-17-15(19)12(9-16-17)14(18)11-5-6-13-10(8-11)4-3-7-20-13/h5-6,8-9,16H,2-4,7H2,1H3. The largest absolute Gasteiger partial charge is 0.302 e. The van der Waals surface area contributed by atoms with Gasteiger partial charge < -0.3 is 5.10 Å². The molecule has 0 radical (unpaired) electrons. The van der Waals surface area contributed by atoms with E-state index in [4.69, 9.17) is 0 Å². The van der Waals surface area contributed by atoms with Crippen LogP contribution in [-0.4, -0.2) is 21.3 Å². The van der Waals surface area contributed by atoms with E-state index in [1.54, 1.807) is 0 Å². The minimum atomic E-state index is -0.246. The van der Waals surface area contributed by atoms with Crippen LogP contribution in [0.15, 0.2) is 34.1 Å². The molecule has 1 aliphatic rings. The number of H-pyrrole nitrogens is 1. The van der Waals surface area contributed by atoms with Crippen LogP contribution in [0.4, 0.5) is 0 Å². The Bertz CT molecular complexity index is 715. The molecule has 20 heavy (non-hydrogen) atoms. The average Bonchev–Trinajstić information content (AvgIpc) is 2.87. The first kappa shape index (κ1) is 13.2. The van der Waals surface area contributed by atoms with Gasteiger partial charge >= 0.3 is 0 Å². The van der Waals surface area contributed by atoms with Crippen LogP contribution in [-0.2, 0) is 13.0 Å². The quantitative estimate of drug-likeness (QED) is 0.883. The maximum atomic E-state index is 12.4. The average molecular weight is 288 g/mol. The van der Waals surface area contributed by atoms with E-state index in [2.05, 4.69) is 5.10 Å². The number of aromatic amines is 1. The number of nitrogens with one attached hydrogen (secondary N) is 1. The predicted octanol–water partition coefficient (Wildman–Crippen LogP) is 2.47. The van der Waals surface area contributed by atoms with E-state index in [9.17, 15) is 9.59 Å². The van der Waals surface area contributed by atoms with Gasteiger partial charge in [-0.25, -0.2) is 0 Å². The molecule has 0 bridgehead atoms. The van der Waals surface area contributed by atoms with Crippen LogP contribution in [0.25, 0.3) is 0 Å². The zero-order valence-electron chi connectivity index (χ0n) is 11.3. The van der Waals surface area contributed by atoms with Crippen molar-refractivity contribution in [1.29, 1.82) is 0 Å². The highest BCUT2D eigenvalue weighted by atomic mass is 32.2. The van der Waals surface area contributed by atoms with Gasteiger partial charge in [-0.3, -0.25) is 14.3 Å². The van der Waals surface area contributed by atoms with E-state index in [1.165, 1.54) is 21.3 Å². The molecular formula is C15H16N2O2S. The monoisotopic (exact) mass is 288 g/mol. The third kappa shape index (κ3) is 2.22. The van der Waals surface area contributed by atoms with Gasteiger partial charge in [0.15, 0.2) is 5.78 Å². The maximum Gasteiger partial charge on any atom is 0.277 e. The molecule has 5 heteroatoms. The van der Waals surface area contributed by atoms with Crippen molar-refractivity contribution in [3.63, 3.8) is 0 Å². The van der Waals surface area contributed by atoms with Gasteiger partial charge in [-0.05, 0) is 49.3 Å². The van der Waals surface area contributed by atoms with Gasteiger partial charge in [0.25, 0.3) is 5.56 Å². The molecule has 0 atom stereocenters. The van der Waals surface area contributed by atoms with Crippen molar-refractivity contribution in [3.8, 4) is 0 Å². The van der Waals surface area contributed by atoms with Crippen molar-refractivity contribution in [2.24, 2.45) is 0 Å². The number of benzene rings is 1. The molecule has 0 aliphatic carbocycles. The summed E-state index contributed by atoms with van der Waals surface area (Å²) in [5, 5.41) is 2.82. The fourth-order valence-corrected chi connectivity index (χ4v) is 3.48.